The minimum absolute atomic E-state index is 0.280. The Morgan fingerprint density at radius 2 is 2.00 bits per heavy atom. The van der Waals surface area contributed by atoms with Crippen LogP contribution in [0.15, 0.2) is 0 Å². The Morgan fingerprint density at radius 1 is 1.31 bits per heavy atom. The molecule has 2 atom stereocenters. The topological polar surface area (TPSA) is 49.5 Å². The minimum atomic E-state index is 0.280. The molecule has 0 radical (unpaired) electrons. The Bertz CT molecular complexity index is 238. The van der Waals surface area contributed by atoms with Gasteiger partial charge >= 0.3 is 0 Å². The van der Waals surface area contributed by atoms with Crippen LogP contribution in [0.1, 0.15) is 39.5 Å². The molecule has 2 unspecified atom stereocenters. The summed E-state index contributed by atoms with van der Waals surface area (Å²) >= 11 is 0. The van der Waals surface area contributed by atoms with E-state index < -0.39 is 0 Å². The number of hydrogen-bond donors (Lipinski definition) is 2. The van der Waals surface area contributed by atoms with Gasteiger partial charge < -0.3 is 10.8 Å². The molecule has 3 N–H and O–H groups in total. The van der Waals surface area contributed by atoms with Crippen molar-refractivity contribution >= 4 is 0 Å². The standard InChI is InChI=1S/C13H26N2O/c1-13(2)6-5-10(12(13)14)9-15(7-8-16)11-3-4-11/h10-12,16H,3-9,14H2,1-2H3. The average molecular weight is 226 g/mol. The Kier molecular flexibility index (Phi) is 3.57. The minimum Gasteiger partial charge on any atom is -0.395 e. The summed E-state index contributed by atoms with van der Waals surface area (Å²) in [5.41, 5.74) is 6.64. The predicted molar refractivity (Wildman–Crippen MR) is 66.2 cm³/mol. The van der Waals surface area contributed by atoms with Crippen molar-refractivity contribution in [2.45, 2.75) is 51.6 Å². The first-order chi connectivity index (χ1) is 7.54. The fourth-order valence-corrected chi connectivity index (χ4v) is 3.04. The van der Waals surface area contributed by atoms with Gasteiger partial charge in [-0.15, -0.1) is 0 Å². The third kappa shape index (κ3) is 2.58. The number of nitrogens with zero attached hydrogens (tertiary/aromatic N) is 1. The van der Waals surface area contributed by atoms with Crippen molar-refractivity contribution < 1.29 is 5.11 Å². The molecule has 0 aliphatic heterocycles. The van der Waals surface area contributed by atoms with Gasteiger partial charge in [-0.3, -0.25) is 4.90 Å². The largest absolute Gasteiger partial charge is 0.395 e. The number of nitrogens with two attached hydrogens (primary N) is 1. The lowest BCUT2D eigenvalue weighted by Crippen LogP contribution is -2.43. The number of aliphatic hydroxyl groups is 1. The molecule has 2 rings (SSSR count). The zero-order valence-electron chi connectivity index (χ0n) is 10.7. The molecule has 3 heteroatoms. The molecular formula is C13H26N2O. The van der Waals surface area contributed by atoms with E-state index in [1.165, 1.54) is 25.7 Å². The highest BCUT2D eigenvalue weighted by Crippen LogP contribution is 2.41. The molecule has 0 saturated heterocycles. The summed E-state index contributed by atoms with van der Waals surface area (Å²) in [5, 5.41) is 9.08. The van der Waals surface area contributed by atoms with Crippen LogP contribution in [0.5, 0.6) is 0 Å². The molecule has 2 aliphatic carbocycles. The number of hydrogen-bond acceptors (Lipinski definition) is 3. The molecule has 2 saturated carbocycles. The highest BCUT2D eigenvalue weighted by atomic mass is 16.3. The van der Waals surface area contributed by atoms with E-state index in [0.29, 0.717) is 17.4 Å². The van der Waals surface area contributed by atoms with Crippen molar-refractivity contribution in [2.24, 2.45) is 17.1 Å². The summed E-state index contributed by atoms with van der Waals surface area (Å²) in [6, 6.07) is 1.07. The van der Waals surface area contributed by atoms with E-state index in [1.54, 1.807) is 0 Å². The van der Waals surface area contributed by atoms with Crippen LogP contribution in [0.25, 0.3) is 0 Å². The second-order valence-electron chi connectivity index (χ2n) is 6.26. The molecule has 0 heterocycles. The SMILES string of the molecule is CC1(C)CCC(CN(CCO)C2CC2)C1N. The summed E-state index contributed by atoms with van der Waals surface area (Å²) in [6.45, 7) is 6.77. The maximum atomic E-state index is 9.08. The third-order valence-corrected chi connectivity index (χ3v) is 4.49. The Morgan fingerprint density at radius 3 is 2.44 bits per heavy atom. The number of aliphatic hydroxyl groups excluding tert-OH is 1. The van der Waals surface area contributed by atoms with Crippen molar-refractivity contribution in [3.8, 4) is 0 Å². The molecule has 0 spiro atoms. The van der Waals surface area contributed by atoms with Gasteiger partial charge in [-0.2, -0.15) is 0 Å². The van der Waals surface area contributed by atoms with Gasteiger partial charge in [0.2, 0.25) is 0 Å². The first kappa shape index (κ1) is 12.3. The first-order valence-corrected chi connectivity index (χ1v) is 6.65. The molecule has 3 nitrogen and oxygen atoms in total. The molecular weight excluding hydrogens is 200 g/mol. The quantitative estimate of drug-likeness (QED) is 0.741. The molecule has 0 bridgehead atoms. The van der Waals surface area contributed by atoms with Crippen molar-refractivity contribution in [1.29, 1.82) is 0 Å². The Labute approximate surface area is 99.0 Å². The maximum Gasteiger partial charge on any atom is 0.0558 e. The smallest absolute Gasteiger partial charge is 0.0558 e. The first-order valence-electron chi connectivity index (χ1n) is 6.65. The van der Waals surface area contributed by atoms with Crippen molar-refractivity contribution in [3.05, 3.63) is 0 Å². The fourth-order valence-electron chi connectivity index (χ4n) is 3.04. The summed E-state index contributed by atoms with van der Waals surface area (Å²) in [5.74, 6) is 0.627. The molecule has 0 amide bonds. The van der Waals surface area contributed by atoms with E-state index in [0.717, 1.165) is 19.1 Å². The Hall–Kier alpha value is -0.120. The average Bonchev–Trinajstić information content (AvgIpc) is 3.01. The van der Waals surface area contributed by atoms with E-state index in [4.69, 9.17) is 10.8 Å². The zero-order valence-corrected chi connectivity index (χ0v) is 10.7. The van der Waals surface area contributed by atoms with Crippen LogP contribution in [-0.2, 0) is 0 Å². The molecule has 0 aromatic heterocycles. The summed E-state index contributed by atoms with van der Waals surface area (Å²) in [7, 11) is 0. The molecule has 0 aromatic rings. The van der Waals surface area contributed by atoms with E-state index in [-0.39, 0.29) is 6.61 Å². The van der Waals surface area contributed by atoms with E-state index in [2.05, 4.69) is 18.7 Å². The van der Waals surface area contributed by atoms with Gasteiger partial charge in [-0.05, 0) is 37.0 Å². The van der Waals surface area contributed by atoms with E-state index in [9.17, 15) is 0 Å². The third-order valence-electron chi connectivity index (χ3n) is 4.49. The molecule has 2 fully saturated rings. The second kappa shape index (κ2) is 4.63. The van der Waals surface area contributed by atoms with Gasteiger partial charge in [-0.1, -0.05) is 13.8 Å². The number of rotatable bonds is 5. The van der Waals surface area contributed by atoms with E-state index in [1.807, 2.05) is 0 Å². The van der Waals surface area contributed by atoms with Crippen LogP contribution in [0, 0.1) is 11.3 Å². The summed E-state index contributed by atoms with van der Waals surface area (Å²) in [4.78, 5) is 2.45. The van der Waals surface area contributed by atoms with Crippen molar-refractivity contribution in [1.82, 2.24) is 4.90 Å². The molecule has 16 heavy (non-hydrogen) atoms. The van der Waals surface area contributed by atoms with Crippen molar-refractivity contribution in [2.75, 3.05) is 19.7 Å². The van der Waals surface area contributed by atoms with Crippen LogP contribution in [0.4, 0.5) is 0 Å². The lowest BCUT2D eigenvalue weighted by Gasteiger charge is -2.30. The lowest BCUT2D eigenvalue weighted by atomic mass is 9.85. The summed E-state index contributed by atoms with van der Waals surface area (Å²) < 4.78 is 0. The molecule has 2 aliphatic rings. The highest BCUT2D eigenvalue weighted by molar-refractivity contribution is 4.96. The molecule has 0 aromatic carbocycles. The molecule has 94 valence electrons. The monoisotopic (exact) mass is 226 g/mol. The van der Waals surface area contributed by atoms with Gasteiger partial charge in [0.25, 0.3) is 0 Å². The van der Waals surface area contributed by atoms with Gasteiger partial charge in [0.05, 0.1) is 6.61 Å². The maximum absolute atomic E-state index is 9.08. The second-order valence-corrected chi connectivity index (χ2v) is 6.26. The van der Waals surface area contributed by atoms with Gasteiger partial charge in [0, 0.05) is 25.2 Å². The van der Waals surface area contributed by atoms with Gasteiger partial charge in [-0.25, -0.2) is 0 Å². The van der Waals surface area contributed by atoms with Crippen LogP contribution < -0.4 is 5.73 Å². The van der Waals surface area contributed by atoms with Gasteiger partial charge in [0.15, 0.2) is 0 Å². The van der Waals surface area contributed by atoms with Crippen LogP contribution in [0.3, 0.4) is 0 Å². The van der Waals surface area contributed by atoms with E-state index >= 15 is 0 Å². The van der Waals surface area contributed by atoms with Crippen LogP contribution in [0.2, 0.25) is 0 Å². The fraction of sp³-hybridized carbons (Fsp3) is 1.00. The lowest BCUT2D eigenvalue weighted by molar-refractivity contribution is 0.157. The predicted octanol–water partition coefficient (Wildman–Crippen LogP) is 1.21. The highest BCUT2D eigenvalue weighted by Gasteiger charge is 2.41. The van der Waals surface area contributed by atoms with Crippen molar-refractivity contribution in [3.63, 3.8) is 0 Å². The summed E-state index contributed by atoms with van der Waals surface area (Å²) in [6.07, 6.45) is 5.12. The van der Waals surface area contributed by atoms with Gasteiger partial charge in [0.1, 0.15) is 0 Å². The zero-order chi connectivity index (χ0) is 11.8. The normalized spacial score (nSPS) is 33.6. The van der Waals surface area contributed by atoms with Crippen LogP contribution in [-0.4, -0.2) is 41.8 Å². The van der Waals surface area contributed by atoms with Crippen LogP contribution >= 0.6 is 0 Å². The Balaban J connectivity index is 1.88.